The largest absolute Gasteiger partial charge is 0.356 e. The maximum atomic E-state index is 13.4. The van der Waals surface area contributed by atoms with Gasteiger partial charge in [0, 0.05) is 42.1 Å². The molecule has 1 aromatic carbocycles. The number of carbonyl (C=O) groups is 1. The normalized spacial score (nSPS) is 16.4. The van der Waals surface area contributed by atoms with Crippen molar-refractivity contribution in [3.63, 3.8) is 0 Å². The minimum absolute atomic E-state index is 0.0661. The van der Waals surface area contributed by atoms with Crippen LogP contribution in [0.1, 0.15) is 39.2 Å². The zero-order chi connectivity index (χ0) is 19.3. The Hall–Kier alpha value is -3.41. The summed E-state index contributed by atoms with van der Waals surface area (Å²) in [4.78, 5) is 23.4. The number of hydrogen-bond acceptors (Lipinski definition) is 3. The summed E-state index contributed by atoms with van der Waals surface area (Å²) in [5.41, 5.74) is 5.70. The number of rotatable bonds is 2. The molecule has 0 spiro atoms. The van der Waals surface area contributed by atoms with E-state index in [2.05, 4.69) is 33.3 Å². The van der Waals surface area contributed by atoms with E-state index < -0.39 is 0 Å². The van der Waals surface area contributed by atoms with Gasteiger partial charge in [-0.2, -0.15) is 5.10 Å². The summed E-state index contributed by atoms with van der Waals surface area (Å²) in [6.07, 6.45) is 2.58. The molecular formula is C22H21N5O. The first-order valence-electron chi connectivity index (χ1n) is 9.45. The molecule has 1 aliphatic rings. The Morgan fingerprint density at radius 1 is 1.18 bits per heavy atom. The fraction of sp³-hybridized carbons (Fsp3) is 0.227. The van der Waals surface area contributed by atoms with Gasteiger partial charge in [0.05, 0.1) is 5.69 Å². The number of amides is 1. The molecule has 0 fully saturated rings. The Balaban J connectivity index is 1.66. The molecule has 0 aliphatic carbocycles. The molecular weight excluding hydrogens is 350 g/mol. The second-order valence-corrected chi connectivity index (χ2v) is 7.26. The average molecular weight is 371 g/mol. The smallest absolute Gasteiger partial charge is 0.275 e. The van der Waals surface area contributed by atoms with Crippen LogP contribution in [0.15, 0.2) is 54.7 Å². The van der Waals surface area contributed by atoms with Gasteiger partial charge in [-0.15, -0.1) is 0 Å². The minimum Gasteiger partial charge on any atom is -0.356 e. The Morgan fingerprint density at radius 3 is 2.75 bits per heavy atom. The number of fused-ring (bicyclic) bond motifs is 3. The predicted molar refractivity (Wildman–Crippen MR) is 107 cm³/mol. The van der Waals surface area contributed by atoms with Crippen LogP contribution in [0.2, 0.25) is 0 Å². The van der Waals surface area contributed by atoms with Gasteiger partial charge in [-0.25, -0.2) is 0 Å². The molecule has 140 valence electrons. The van der Waals surface area contributed by atoms with Gasteiger partial charge < -0.3 is 9.88 Å². The van der Waals surface area contributed by atoms with Gasteiger partial charge in [0.2, 0.25) is 0 Å². The Kier molecular flexibility index (Phi) is 3.79. The molecule has 1 amide bonds. The molecule has 1 N–H and O–H groups in total. The quantitative estimate of drug-likeness (QED) is 0.587. The van der Waals surface area contributed by atoms with E-state index in [1.807, 2.05) is 49.2 Å². The lowest BCUT2D eigenvalue weighted by atomic mass is 9.94. The van der Waals surface area contributed by atoms with Crippen LogP contribution in [0.25, 0.3) is 10.9 Å². The molecule has 0 saturated heterocycles. The van der Waals surface area contributed by atoms with Gasteiger partial charge in [0.1, 0.15) is 6.04 Å². The molecule has 1 aliphatic heterocycles. The van der Waals surface area contributed by atoms with Crippen molar-refractivity contribution >= 4 is 16.8 Å². The Morgan fingerprint density at radius 2 is 2.00 bits per heavy atom. The lowest BCUT2D eigenvalue weighted by Gasteiger charge is -2.35. The van der Waals surface area contributed by atoms with Crippen molar-refractivity contribution in [2.24, 2.45) is 7.05 Å². The fourth-order valence-electron chi connectivity index (χ4n) is 4.12. The van der Waals surface area contributed by atoms with Crippen LogP contribution in [-0.4, -0.2) is 37.1 Å². The molecule has 0 bridgehead atoms. The van der Waals surface area contributed by atoms with Crippen molar-refractivity contribution in [3.05, 3.63) is 83.1 Å². The lowest BCUT2D eigenvalue weighted by molar-refractivity contribution is 0.0681. The molecule has 6 nitrogen and oxygen atoms in total. The van der Waals surface area contributed by atoms with Gasteiger partial charge in [0.15, 0.2) is 5.69 Å². The van der Waals surface area contributed by atoms with E-state index in [4.69, 9.17) is 0 Å². The van der Waals surface area contributed by atoms with Crippen molar-refractivity contribution in [2.45, 2.75) is 19.4 Å². The van der Waals surface area contributed by atoms with Crippen LogP contribution < -0.4 is 0 Å². The predicted octanol–water partition coefficient (Wildman–Crippen LogP) is 3.39. The molecule has 6 heteroatoms. The molecule has 1 unspecified atom stereocenters. The number of para-hydroxylation sites is 1. The highest BCUT2D eigenvalue weighted by Crippen LogP contribution is 2.38. The minimum atomic E-state index is -0.257. The number of aryl methyl sites for hydroxylation is 2. The number of nitrogens with zero attached hydrogens (tertiary/aromatic N) is 4. The SMILES string of the molecule is Cc1cc(C(=O)N2CCc3c([nH]c4ccccc34)C2c2ccccn2)nn1C. The van der Waals surface area contributed by atoms with Crippen molar-refractivity contribution in [2.75, 3.05) is 6.54 Å². The van der Waals surface area contributed by atoms with Gasteiger partial charge >= 0.3 is 0 Å². The number of aromatic nitrogens is 4. The number of pyridine rings is 1. The first kappa shape index (κ1) is 16.7. The second kappa shape index (κ2) is 6.34. The summed E-state index contributed by atoms with van der Waals surface area (Å²) >= 11 is 0. The molecule has 28 heavy (non-hydrogen) atoms. The number of carbonyl (C=O) groups excluding carboxylic acids is 1. The first-order chi connectivity index (χ1) is 13.6. The zero-order valence-electron chi connectivity index (χ0n) is 15.9. The van der Waals surface area contributed by atoms with Crippen LogP contribution in [-0.2, 0) is 13.5 Å². The highest BCUT2D eigenvalue weighted by atomic mass is 16.2. The van der Waals surface area contributed by atoms with Crippen LogP contribution in [0.4, 0.5) is 0 Å². The van der Waals surface area contributed by atoms with E-state index >= 15 is 0 Å². The first-order valence-corrected chi connectivity index (χ1v) is 9.45. The van der Waals surface area contributed by atoms with Gasteiger partial charge in [-0.3, -0.25) is 14.5 Å². The van der Waals surface area contributed by atoms with Crippen molar-refractivity contribution < 1.29 is 4.79 Å². The standard InChI is InChI=1S/C22H21N5O/c1-14-13-19(25-26(14)2)22(28)27-12-10-16-15-7-3-4-8-17(15)24-20(16)21(27)18-9-5-6-11-23-18/h3-9,11,13,21,24H,10,12H2,1-2H3. The molecule has 4 heterocycles. The van der Waals surface area contributed by atoms with Gasteiger partial charge in [-0.05, 0) is 43.2 Å². The summed E-state index contributed by atoms with van der Waals surface area (Å²) in [5.74, 6) is -0.0661. The fourth-order valence-corrected chi connectivity index (χ4v) is 4.12. The number of H-pyrrole nitrogens is 1. The monoisotopic (exact) mass is 371 g/mol. The topological polar surface area (TPSA) is 66.8 Å². The number of nitrogens with one attached hydrogen (secondary N) is 1. The third-order valence-electron chi connectivity index (χ3n) is 5.60. The molecule has 4 aromatic rings. The Bertz CT molecular complexity index is 1150. The summed E-state index contributed by atoms with van der Waals surface area (Å²) in [6.45, 7) is 2.58. The maximum absolute atomic E-state index is 13.4. The van der Waals surface area contributed by atoms with Crippen LogP contribution in [0.5, 0.6) is 0 Å². The van der Waals surface area contributed by atoms with E-state index in [9.17, 15) is 4.79 Å². The molecule has 3 aromatic heterocycles. The van der Waals surface area contributed by atoms with Crippen LogP contribution >= 0.6 is 0 Å². The van der Waals surface area contributed by atoms with E-state index in [0.717, 1.165) is 29.0 Å². The van der Waals surface area contributed by atoms with Crippen molar-refractivity contribution in [1.82, 2.24) is 24.6 Å². The van der Waals surface area contributed by atoms with E-state index in [0.29, 0.717) is 12.2 Å². The molecule has 0 radical (unpaired) electrons. The molecule has 5 rings (SSSR count). The highest BCUT2D eigenvalue weighted by Gasteiger charge is 2.36. The van der Waals surface area contributed by atoms with Gasteiger partial charge in [0.25, 0.3) is 5.91 Å². The van der Waals surface area contributed by atoms with Crippen molar-refractivity contribution in [3.8, 4) is 0 Å². The van der Waals surface area contributed by atoms with Gasteiger partial charge in [-0.1, -0.05) is 24.3 Å². The maximum Gasteiger partial charge on any atom is 0.275 e. The summed E-state index contributed by atoms with van der Waals surface area (Å²) in [5, 5.41) is 5.63. The average Bonchev–Trinajstić information content (AvgIpc) is 3.27. The zero-order valence-corrected chi connectivity index (χ0v) is 15.9. The Labute approximate surface area is 162 Å². The number of hydrogen-bond donors (Lipinski definition) is 1. The molecule has 0 saturated carbocycles. The number of benzene rings is 1. The summed E-state index contributed by atoms with van der Waals surface area (Å²) < 4.78 is 1.74. The van der Waals surface area contributed by atoms with E-state index in [1.54, 1.807) is 10.9 Å². The third-order valence-corrected chi connectivity index (χ3v) is 5.60. The van der Waals surface area contributed by atoms with E-state index in [-0.39, 0.29) is 11.9 Å². The lowest BCUT2D eigenvalue weighted by Crippen LogP contribution is -2.41. The summed E-state index contributed by atoms with van der Waals surface area (Å²) in [6, 6.07) is 15.7. The van der Waals surface area contributed by atoms with Crippen LogP contribution in [0.3, 0.4) is 0 Å². The third kappa shape index (κ3) is 2.52. The van der Waals surface area contributed by atoms with Crippen molar-refractivity contribution in [1.29, 1.82) is 0 Å². The second-order valence-electron chi connectivity index (χ2n) is 7.26. The summed E-state index contributed by atoms with van der Waals surface area (Å²) in [7, 11) is 1.86. The molecule has 1 atom stereocenters. The number of aromatic amines is 1. The van der Waals surface area contributed by atoms with Crippen LogP contribution in [0, 0.1) is 6.92 Å². The highest BCUT2D eigenvalue weighted by molar-refractivity contribution is 5.94. The van der Waals surface area contributed by atoms with E-state index in [1.165, 1.54) is 10.9 Å².